The minimum absolute atomic E-state index is 0.0297. The molecule has 0 radical (unpaired) electrons. The number of hydrogen-bond donors (Lipinski definition) is 1. The topological polar surface area (TPSA) is 72.8 Å². The van der Waals surface area contributed by atoms with Crippen LogP contribution in [0.15, 0.2) is 54.6 Å². The van der Waals surface area contributed by atoms with Crippen LogP contribution in [0.2, 0.25) is 0 Å². The highest BCUT2D eigenvalue weighted by atomic mass is 19.3. The van der Waals surface area contributed by atoms with E-state index in [-0.39, 0.29) is 11.5 Å². The molecule has 0 heterocycles. The van der Waals surface area contributed by atoms with E-state index in [2.05, 4.69) is 4.74 Å². The van der Waals surface area contributed by atoms with E-state index in [1.165, 1.54) is 49.4 Å². The van der Waals surface area contributed by atoms with Crippen molar-refractivity contribution in [1.82, 2.24) is 0 Å². The van der Waals surface area contributed by atoms with Gasteiger partial charge in [0.1, 0.15) is 11.5 Å². The molecule has 0 aliphatic rings. The lowest BCUT2D eigenvalue weighted by atomic mass is 10.1. The summed E-state index contributed by atoms with van der Waals surface area (Å²) in [5.41, 5.74) is 0.681. The smallest absolute Gasteiger partial charge is 0.387 e. The Morgan fingerprint density at radius 3 is 2.31 bits per heavy atom. The Kier molecular flexibility index (Phi) is 6.43. The number of rotatable bonds is 8. The number of aliphatic carboxylic acids is 1. The molecule has 0 aliphatic heterocycles. The second-order valence-corrected chi connectivity index (χ2v) is 5.24. The number of benzene rings is 2. The molecule has 0 amide bonds. The molecule has 0 spiro atoms. The summed E-state index contributed by atoms with van der Waals surface area (Å²) in [5, 5.41) is 8.80. The summed E-state index contributed by atoms with van der Waals surface area (Å²) in [6.07, 6.45) is 1.61. The van der Waals surface area contributed by atoms with Crippen molar-refractivity contribution in [2.24, 2.45) is 0 Å². The van der Waals surface area contributed by atoms with Crippen molar-refractivity contribution in [2.75, 3.05) is 0 Å². The molecule has 2 rings (SSSR count). The Morgan fingerprint density at radius 1 is 1.04 bits per heavy atom. The van der Waals surface area contributed by atoms with Crippen LogP contribution in [0.25, 0.3) is 6.08 Å². The quantitative estimate of drug-likeness (QED) is 0.567. The Hall–Kier alpha value is -3.22. The first-order chi connectivity index (χ1) is 12.4. The van der Waals surface area contributed by atoms with Crippen LogP contribution < -0.4 is 9.47 Å². The number of alkyl halides is 2. The van der Waals surface area contributed by atoms with Crippen LogP contribution in [-0.2, 0) is 4.79 Å². The van der Waals surface area contributed by atoms with Crippen LogP contribution in [0, 0.1) is 0 Å². The number of ether oxygens (including phenoxy) is 2. The monoisotopic (exact) mass is 362 g/mol. The van der Waals surface area contributed by atoms with Crippen molar-refractivity contribution in [3.05, 3.63) is 65.7 Å². The number of carboxylic acid groups (broad SMARTS) is 1. The van der Waals surface area contributed by atoms with E-state index >= 15 is 0 Å². The van der Waals surface area contributed by atoms with Gasteiger partial charge in [-0.15, -0.1) is 0 Å². The third kappa shape index (κ3) is 5.41. The standard InChI is InChI=1S/C19H16F2O5/c1-12(18(23)24)25-15-9-6-13(7-10-15)16(22)11-8-14-4-2-3-5-17(14)26-19(20)21/h2-12,19H,1H3,(H,23,24)/b11-8+. The molecule has 0 fully saturated rings. The number of para-hydroxylation sites is 1. The zero-order valence-electron chi connectivity index (χ0n) is 13.8. The number of carbonyl (C=O) groups excluding carboxylic acids is 1. The van der Waals surface area contributed by atoms with Gasteiger partial charge in [-0.1, -0.05) is 18.2 Å². The Labute approximate surface area is 148 Å². The van der Waals surface area contributed by atoms with Gasteiger partial charge >= 0.3 is 12.6 Å². The number of halogens is 2. The van der Waals surface area contributed by atoms with Gasteiger partial charge < -0.3 is 14.6 Å². The van der Waals surface area contributed by atoms with E-state index in [4.69, 9.17) is 9.84 Å². The molecule has 26 heavy (non-hydrogen) atoms. The maximum absolute atomic E-state index is 12.4. The second kappa shape index (κ2) is 8.75. The maximum atomic E-state index is 12.4. The third-order valence-electron chi connectivity index (χ3n) is 3.35. The highest BCUT2D eigenvalue weighted by molar-refractivity contribution is 6.07. The molecule has 2 aromatic rings. The van der Waals surface area contributed by atoms with E-state index in [9.17, 15) is 18.4 Å². The van der Waals surface area contributed by atoms with Crippen molar-refractivity contribution in [1.29, 1.82) is 0 Å². The summed E-state index contributed by atoms with van der Waals surface area (Å²) in [7, 11) is 0. The molecule has 0 saturated heterocycles. The van der Waals surface area contributed by atoms with E-state index < -0.39 is 18.7 Å². The van der Waals surface area contributed by atoms with Crippen molar-refractivity contribution < 1.29 is 33.0 Å². The van der Waals surface area contributed by atoms with E-state index in [0.717, 1.165) is 0 Å². The van der Waals surface area contributed by atoms with Crippen molar-refractivity contribution in [2.45, 2.75) is 19.6 Å². The number of ketones is 1. The second-order valence-electron chi connectivity index (χ2n) is 5.24. The summed E-state index contributed by atoms with van der Waals surface area (Å²) in [4.78, 5) is 22.9. The lowest BCUT2D eigenvalue weighted by Crippen LogP contribution is -2.22. The number of carboxylic acids is 1. The molecule has 0 aromatic heterocycles. The summed E-state index contributed by atoms with van der Waals surface area (Å²) in [6, 6.07) is 12.0. The third-order valence-corrected chi connectivity index (χ3v) is 3.35. The van der Waals surface area contributed by atoms with Gasteiger partial charge in [-0.2, -0.15) is 8.78 Å². The minimum Gasteiger partial charge on any atom is -0.479 e. The van der Waals surface area contributed by atoms with Crippen LogP contribution >= 0.6 is 0 Å². The van der Waals surface area contributed by atoms with Crippen LogP contribution in [-0.4, -0.2) is 29.6 Å². The van der Waals surface area contributed by atoms with Gasteiger partial charge in [0.2, 0.25) is 0 Å². The van der Waals surface area contributed by atoms with Crippen molar-refractivity contribution >= 4 is 17.8 Å². The van der Waals surface area contributed by atoms with Crippen LogP contribution in [0.4, 0.5) is 8.78 Å². The molecule has 7 heteroatoms. The number of allylic oxidation sites excluding steroid dienone is 1. The fraction of sp³-hybridized carbons (Fsp3) is 0.158. The molecular formula is C19H16F2O5. The van der Waals surface area contributed by atoms with Crippen LogP contribution in [0.1, 0.15) is 22.8 Å². The molecule has 1 unspecified atom stereocenters. The average molecular weight is 362 g/mol. The lowest BCUT2D eigenvalue weighted by Gasteiger charge is -2.10. The molecular weight excluding hydrogens is 346 g/mol. The Balaban J connectivity index is 2.08. The average Bonchev–Trinajstić information content (AvgIpc) is 2.60. The molecule has 1 atom stereocenters. The highest BCUT2D eigenvalue weighted by Crippen LogP contribution is 2.22. The Bertz CT molecular complexity index is 800. The van der Waals surface area contributed by atoms with Gasteiger partial charge in [-0.3, -0.25) is 4.79 Å². The van der Waals surface area contributed by atoms with Gasteiger partial charge in [0.25, 0.3) is 0 Å². The predicted molar refractivity (Wildman–Crippen MR) is 90.6 cm³/mol. The summed E-state index contributed by atoms with van der Waals surface area (Å²) < 4.78 is 34.3. The SMILES string of the molecule is CC(Oc1ccc(C(=O)/C=C/c2ccccc2OC(F)F)cc1)C(=O)O. The van der Waals surface area contributed by atoms with E-state index in [0.29, 0.717) is 16.9 Å². The molecule has 0 bridgehead atoms. The van der Waals surface area contributed by atoms with Crippen LogP contribution in [0.5, 0.6) is 11.5 Å². The van der Waals surface area contributed by atoms with Gasteiger partial charge in [-0.05, 0) is 49.4 Å². The lowest BCUT2D eigenvalue weighted by molar-refractivity contribution is -0.144. The normalized spacial score (nSPS) is 12.2. The largest absolute Gasteiger partial charge is 0.479 e. The van der Waals surface area contributed by atoms with Gasteiger partial charge in [0.05, 0.1) is 0 Å². The first-order valence-electron chi connectivity index (χ1n) is 7.62. The molecule has 0 aliphatic carbocycles. The van der Waals surface area contributed by atoms with E-state index in [1.54, 1.807) is 18.2 Å². The summed E-state index contributed by atoms with van der Waals surface area (Å²) in [5.74, 6) is -1.17. The highest BCUT2D eigenvalue weighted by Gasteiger charge is 2.12. The zero-order valence-corrected chi connectivity index (χ0v) is 13.8. The van der Waals surface area contributed by atoms with E-state index in [1.807, 2.05) is 0 Å². The predicted octanol–water partition coefficient (Wildman–Crippen LogP) is 4.04. The molecule has 0 saturated carbocycles. The van der Waals surface area contributed by atoms with Gasteiger partial charge in [-0.25, -0.2) is 4.79 Å². The van der Waals surface area contributed by atoms with Crippen LogP contribution in [0.3, 0.4) is 0 Å². The Morgan fingerprint density at radius 2 is 1.69 bits per heavy atom. The number of hydrogen-bond acceptors (Lipinski definition) is 4. The van der Waals surface area contributed by atoms with Crippen molar-refractivity contribution in [3.8, 4) is 11.5 Å². The first-order valence-corrected chi connectivity index (χ1v) is 7.62. The molecule has 1 N–H and O–H groups in total. The molecule has 5 nitrogen and oxygen atoms in total. The fourth-order valence-electron chi connectivity index (χ4n) is 2.04. The maximum Gasteiger partial charge on any atom is 0.387 e. The van der Waals surface area contributed by atoms with Crippen molar-refractivity contribution in [3.63, 3.8) is 0 Å². The van der Waals surface area contributed by atoms with Gasteiger partial charge in [0.15, 0.2) is 11.9 Å². The summed E-state index contributed by atoms with van der Waals surface area (Å²) >= 11 is 0. The minimum atomic E-state index is -2.96. The molecule has 2 aromatic carbocycles. The fourth-order valence-corrected chi connectivity index (χ4v) is 2.04. The zero-order chi connectivity index (χ0) is 19.1. The first kappa shape index (κ1) is 19.1. The molecule has 136 valence electrons. The summed E-state index contributed by atoms with van der Waals surface area (Å²) in [6.45, 7) is -1.57. The number of carbonyl (C=O) groups is 2. The van der Waals surface area contributed by atoms with Gasteiger partial charge in [0, 0.05) is 11.1 Å².